The molecule has 1 atom stereocenters. The molecule has 1 aliphatic heterocycles. The van der Waals surface area contributed by atoms with Gasteiger partial charge in [-0.3, -0.25) is 9.55 Å². The van der Waals surface area contributed by atoms with Gasteiger partial charge in [-0.25, -0.2) is 18.0 Å². The molecule has 1 aliphatic rings. The maximum absolute atomic E-state index is 13.4. The first kappa shape index (κ1) is 14.7. The van der Waals surface area contributed by atoms with Crippen molar-refractivity contribution in [1.29, 1.82) is 0 Å². The summed E-state index contributed by atoms with van der Waals surface area (Å²) in [6.07, 6.45) is 3.71. The van der Waals surface area contributed by atoms with Gasteiger partial charge in [-0.05, 0) is 30.2 Å². The third-order valence-corrected chi connectivity index (χ3v) is 4.09. The molecule has 0 aliphatic carbocycles. The van der Waals surface area contributed by atoms with Gasteiger partial charge in [0.05, 0.1) is 17.9 Å². The van der Waals surface area contributed by atoms with Gasteiger partial charge < -0.3 is 0 Å². The van der Waals surface area contributed by atoms with Crippen molar-refractivity contribution in [3.05, 3.63) is 76.0 Å². The smallest absolute Gasteiger partial charge is 0.271 e. The van der Waals surface area contributed by atoms with Crippen LogP contribution in [0.1, 0.15) is 23.9 Å². The van der Waals surface area contributed by atoms with Crippen LogP contribution in [0.15, 0.2) is 41.5 Å². The lowest BCUT2D eigenvalue weighted by atomic mass is 10.1. The van der Waals surface area contributed by atoms with Crippen LogP contribution in [0.25, 0.3) is 5.69 Å². The van der Waals surface area contributed by atoms with Crippen LogP contribution in [0.3, 0.4) is 0 Å². The maximum atomic E-state index is 13.4. The number of halogens is 3. The Balaban J connectivity index is 1.82. The highest BCUT2D eigenvalue weighted by molar-refractivity contribution is 5.32. The Morgan fingerprint density at radius 1 is 1.08 bits per heavy atom. The zero-order chi connectivity index (χ0) is 16.8. The molecule has 0 spiro atoms. The molecule has 0 unspecified atom stereocenters. The summed E-state index contributed by atoms with van der Waals surface area (Å²) in [6.45, 7) is 0. The summed E-state index contributed by atoms with van der Waals surface area (Å²) in [5.41, 5.74) is 0.223. The predicted octanol–water partition coefficient (Wildman–Crippen LogP) is 2.38. The summed E-state index contributed by atoms with van der Waals surface area (Å²) in [4.78, 5) is 16.5. The lowest BCUT2D eigenvalue weighted by Crippen LogP contribution is -2.26. The van der Waals surface area contributed by atoms with Crippen LogP contribution in [0, 0.1) is 17.5 Å². The molecule has 2 aromatic heterocycles. The monoisotopic (exact) mass is 332 g/mol. The molecule has 0 fully saturated rings. The highest BCUT2D eigenvalue weighted by Crippen LogP contribution is 2.29. The second kappa shape index (κ2) is 5.33. The summed E-state index contributed by atoms with van der Waals surface area (Å²) in [6, 6.07) is 4.08. The number of rotatable bonds is 2. The fourth-order valence-electron chi connectivity index (χ4n) is 3.01. The maximum Gasteiger partial charge on any atom is 0.351 e. The van der Waals surface area contributed by atoms with Crippen LogP contribution in [0.2, 0.25) is 0 Å². The van der Waals surface area contributed by atoms with E-state index in [1.54, 1.807) is 0 Å². The first-order valence-corrected chi connectivity index (χ1v) is 7.31. The van der Waals surface area contributed by atoms with Crippen LogP contribution >= 0.6 is 0 Å². The van der Waals surface area contributed by atoms with Gasteiger partial charge in [-0.1, -0.05) is 0 Å². The van der Waals surface area contributed by atoms with Crippen LogP contribution in [-0.4, -0.2) is 19.3 Å². The van der Waals surface area contributed by atoms with Crippen molar-refractivity contribution < 1.29 is 13.2 Å². The standard InChI is InChI=1S/C16H11F3N4O/c17-10-5-9(7-20-8-10)14-3-4-15-21-23(16(24)22(14)15)11-1-2-12(18)13(19)6-11/h1-2,5-8,14H,3-4H2/t14-/m0/s1. The second-order valence-electron chi connectivity index (χ2n) is 5.57. The molecule has 1 aromatic carbocycles. The first-order chi connectivity index (χ1) is 11.5. The summed E-state index contributed by atoms with van der Waals surface area (Å²) in [5.74, 6) is -2.03. The molecule has 122 valence electrons. The second-order valence-corrected chi connectivity index (χ2v) is 5.57. The van der Waals surface area contributed by atoms with E-state index in [0.717, 1.165) is 23.0 Å². The van der Waals surface area contributed by atoms with E-state index in [2.05, 4.69) is 10.1 Å². The van der Waals surface area contributed by atoms with Gasteiger partial charge in [0.2, 0.25) is 0 Å². The summed E-state index contributed by atoms with van der Waals surface area (Å²) < 4.78 is 42.3. The van der Waals surface area contributed by atoms with Crippen molar-refractivity contribution in [2.45, 2.75) is 18.9 Å². The molecular formula is C16H11F3N4O. The average Bonchev–Trinajstić information content (AvgIpc) is 3.11. The minimum atomic E-state index is -1.06. The number of aryl methyl sites for hydroxylation is 1. The molecule has 8 heteroatoms. The van der Waals surface area contributed by atoms with Crippen molar-refractivity contribution in [3.63, 3.8) is 0 Å². The van der Waals surface area contributed by atoms with Crippen molar-refractivity contribution in [2.24, 2.45) is 0 Å². The molecule has 5 nitrogen and oxygen atoms in total. The van der Waals surface area contributed by atoms with Gasteiger partial charge >= 0.3 is 5.69 Å². The molecule has 0 amide bonds. The molecule has 0 radical (unpaired) electrons. The van der Waals surface area contributed by atoms with E-state index in [9.17, 15) is 18.0 Å². The third-order valence-electron chi connectivity index (χ3n) is 4.09. The number of nitrogens with zero attached hydrogens (tertiary/aromatic N) is 4. The average molecular weight is 332 g/mol. The molecule has 0 saturated heterocycles. The highest BCUT2D eigenvalue weighted by atomic mass is 19.2. The van der Waals surface area contributed by atoms with Crippen LogP contribution in [-0.2, 0) is 6.42 Å². The van der Waals surface area contributed by atoms with Crippen molar-refractivity contribution in [3.8, 4) is 5.69 Å². The van der Waals surface area contributed by atoms with E-state index >= 15 is 0 Å². The summed E-state index contributed by atoms with van der Waals surface area (Å²) in [7, 11) is 0. The van der Waals surface area contributed by atoms with Crippen molar-refractivity contribution in [1.82, 2.24) is 19.3 Å². The van der Waals surface area contributed by atoms with Gasteiger partial charge in [0.1, 0.15) is 11.6 Å². The predicted molar refractivity (Wildman–Crippen MR) is 78.4 cm³/mol. The zero-order valence-electron chi connectivity index (χ0n) is 12.3. The van der Waals surface area contributed by atoms with Crippen LogP contribution < -0.4 is 5.69 Å². The Morgan fingerprint density at radius 3 is 2.67 bits per heavy atom. The van der Waals surface area contributed by atoms with Gasteiger partial charge in [-0.2, -0.15) is 4.68 Å². The van der Waals surface area contributed by atoms with Crippen LogP contribution in [0.4, 0.5) is 13.2 Å². The molecule has 4 rings (SSSR count). The Labute approximate surface area is 134 Å². The number of pyridine rings is 1. The molecule has 0 N–H and O–H groups in total. The minimum Gasteiger partial charge on any atom is -0.271 e. The van der Waals surface area contributed by atoms with E-state index in [4.69, 9.17) is 0 Å². The largest absolute Gasteiger partial charge is 0.351 e. The van der Waals surface area contributed by atoms with E-state index in [1.807, 2.05) is 0 Å². The summed E-state index contributed by atoms with van der Waals surface area (Å²) >= 11 is 0. The molecule has 3 heterocycles. The molecular weight excluding hydrogens is 321 g/mol. The molecule has 0 saturated carbocycles. The van der Waals surface area contributed by atoms with Gasteiger partial charge in [0.15, 0.2) is 11.6 Å². The lowest BCUT2D eigenvalue weighted by Gasteiger charge is -2.11. The summed E-state index contributed by atoms with van der Waals surface area (Å²) in [5, 5.41) is 4.19. The van der Waals surface area contributed by atoms with E-state index in [-0.39, 0.29) is 11.7 Å². The van der Waals surface area contributed by atoms with E-state index in [1.165, 1.54) is 22.9 Å². The quantitative estimate of drug-likeness (QED) is 0.724. The van der Waals surface area contributed by atoms with Gasteiger partial charge in [0, 0.05) is 18.7 Å². The number of aromatic nitrogens is 4. The normalized spacial score (nSPS) is 16.4. The van der Waals surface area contributed by atoms with Gasteiger partial charge in [0.25, 0.3) is 0 Å². The number of benzene rings is 1. The zero-order valence-corrected chi connectivity index (χ0v) is 12.3. The van der Waals surface area contributed by atoms with E-state index in [0.29, 0.717) is 24.2 Å². The Bertz CT molecular complexity index is 995. The molecule has 0 bridgehead atoms. The minimum absolute atomic E-state index is 0.136. The number of hydrogen-bond donors (Lipinski definition) is 0. The number of hydrogen-bond acceptors (Lipinski definition) is 3. The topological polar surface area (TPSA) is 52.7 Å². The Hall–Kier alpha value is -2.90. The Kier molecular flexibility index (Phi) is 3.26. The third kappa shape index (κ3) is 2.22. The lowest BCUT2D eigenvalue weighted by molar-refractivity contribution is 0.507. The van der Waals surface area contributed by atoms with Crippen molar-refractivity contribution >= 4 is 0 Å². The van der Waals surface area contributed by atoms with Crippen LogP contribution in [0.5, 0.6) is 0 Å². The Morgan fingerprint density at radius 2 is 1.92 bits per heavy atom. The highest BCUT2D eigenvalue weighted by Gasteiger charge is 2.29. The van der Waals surface area contributed by atoms with Gasteiger partial charge in [-0.15, -0.1) is 5.10 Å². The number of fused-ring (bicyclic) bond motifs is 1. The fraction of sp³-hybridized carbons (Fsp3) is 0.188. The first-order valence-electron chi connectivity index (χ1n) is 7.31. The van der Waals surface area contributed by atoms with E-state index < -0.39 is 23.1 Å². The van der Waals surface area contributed by atoms with Crippen molar-refractivity contribution in [2.75, 3.05) is 0 Å². The molecule has 24 heavy (non-hydrogen) atoms. The SMILES string of the molecule is O=c1n(-c2ccc(F)c(F)c2)nc2n1[C@H](c1cncc(F)c1)CC2. The fourth-order valence-corrected chi connectivity index (χ4v) is 3.01. The molecule has 3 aromatic rings.